The molecule has 3 heteroatoms. The number of rotatable bonds is 4. The van der Waals surface area contributed by atoms with E-state index in [-0.39, 0.29) is 5.82 Å². The van der Waals surface area contributed by atoms with Crippen LogP contribution in [0.1, 0.15) is 52.5 Å². The number of nitrogens with one attached hydrogen (secondary N) is 1. The average molecular weight is 293 g/mol. The van der Waals surface area contributed by atoms with Crippen LogP contribution in [0.5, 0.6) is 5.75 Å². The van der Waals surface area contributed by atoms with Crippen molar-refractivity contribution in [1.82, 2.24) is 5.32 Å². The normalized spacial score (nSPS) is 21.2. The molecule has 1 fully saturated rings. The van der Waals surface area contributed by atoms with E-state index >= 15 is 0 Å². The SMILES string of the molecule is COc1ccc(CNC2CC(C)(C)CC(C)(C)C2)c(F)c1. The van der Waals surface area contributed by atoms with Crippen LogP contribution in [0.3, 0.4) is 0 Å². The van der Waals surface area contributed by atoms with Crippen LogP contribution in [0.4, 0.5) is 4.39 Å². The first kappa shape index (κ1) is 16.3. The van der Waals surface area contributed by atoms with E-state index in [4.69, 9.17) is 4.74 Å². The highest BCUT2D eigenvalue weighted by atomic mass is 19.1. The zero-order valence-corrected chi connectivity index (χ0v) is 13.9. The Morgan fingerprint density at radius 1 is 1.19 bits per heavy atom. The molecular weight excluding hydrogens is 265 g/mol. The fourth-order valence-corrected chi connectivity index (χ4v) is 4.04. The molecule has 118 valence electrons. The topological polar surface area (TPSA) is 21.3 Å². The summed E-state index contributed by atoms with van der Waals surface area (Å²) in [5.74, 6) is 0.368. The van der Waals surface area contributed by atoms with Gasteiger partial charge >= 0.3 is 0 Å². The summed E-state index contributed by atoms with van der Waals surface area (Å²) in [6.07, 6.45) is 3.54. The number of hydrogen-bond donors (Lipinski definition) is 1. The quantitative estimate of drug-likeness (QED) is 0.880. The maximum atomic E-state index is 14.0. The zero-order chi connectivity index (χ0) is 15.7. The maximum absolute atomic E-state index is 14.0. The van der Waals surface area contributed by atoms with Crippen molar-refractivity contribution in [3.63, 3.8) is 0 Å². The Balaban J connectivity index is 1.99. The third kappa shape index (κ3) is 4.44. The van der Waals surface area contributed by atoms with E-state index in [0.29, 0.717) is 34.7 Å². The summed E-state index contributed by atoms with van der Waals surface area (Å²) in [7, 11) is 1.55. The largest absolute Gasteiger partial charge is 0.497 e. The highest BCUT2D eigenvalue weighted by molar-refractivity contribution is 5.28. The summed E-state index contributed by atoms with van der Waals surface area (Å²) in [5.41, 5.74) is 1.40. The molecule has 0 spiro atoms. The van der Waals surface area contributed by atoms with Crippen LogP contribution in [-0.2, 0) is 6.54 Å². The van der Waals surface area contributed by atoms with Crippen LogP contribution in [0, 0.1) is 16.6 Å². The van der Waals surface area contributed by atoms with Crippen LogP contribution >= 0.6 is 0 Å². The third-order valence-corrected chi connectivity index (χ3v) is 4.40. The van der Waals surface area contributed by atoms with Crippen LogP contribution in [-0.4, -0.2) is 13.2 Å². The summed E-state index contributed by atoms with van der Waals surface area (Å²) in [4.78, 5) is 0. The minimum absolute atomic E-state index is 0.198. The lowest BCUT2D eigenvalue weighted by atomic mass is 9.63. The number of hydrogen-bond acceptors (Lipinski definition) is 2. The first-order chi connectivity index (χ1) is 9.71. The Morgan fingerprint density at radius 3 is 2.33 bits per heavy atom. The second kappa shape index (κ2) is 5.96. The van der Waals surface area contributed by atoms with Crippen molar-refractivity contribution in [2.45, 2.75) is 59.5 Å². The van der Waals surface area contributed by atoms with Gasteiger partial charge in [0.05, 0.1) is 7.11 Å². The van der Waals surface area contributed by atoms with Gasteiger partial charge < -0.3 is 10.1 Å². The maximum Gasteiger partial charge on any atom is 0.131 e. The molecule has 1 aromatic carbocycles. The minimum atomic E-state index is -0.198. The van der Waals surface area contributed by atoms with Crippen LogP contribution in [0.15, 0.2) is 18.2 Å². The predicted molar refractivity (Wildman–Crippen MR) is 85.0 cm³/mol. The lowest BCUT2D eigenvalue weighted by Crippen LogP contribution is -2.43. The van der Waals surface area contributed by atoms with Crippen LogP contribution in [0.2, 0.25) is 0 Å². The van der Waals surface area contributed by atoms with Gasteiger partial charge in [0.25, 0.3) is 0 Å². The molecule has 0 unspecified atom stereocenters. The highest BCUT2D eigenvalue weighted by Crippen LogP contribution is 2.45. The summed E-state index contributed by atoms with van der Waals surface area (Å²) < 4.78 is 19.0. The molecule has 21 heavy (non-hydrogen) atoms. The molecule has 0 saturated heterocycles. The summed E-state index contributed by atoms with van der Waals surface area (Å²) in [6.45, 7) is 9.90. The van der Waals surface area contributed by atoms with Gasteiger partial charge in [0, 0.05) is 24.2 Å². The molecule has 1 saturated carbocycles. The fourth-order valence-electron chi connectivity index (χ4n) is 4.04. The monoisotopic (exact) mass is 293 g/mol. The van der Waals surface area contributed by atoms with Gasteiger partial charge in [0.1, 0.15) is 11.6 Å². The molecule has 0 heterocycles. The van der Waals surface area contributed by atoms with Gasteiger partial charge in [-0.15, -0.1) is 0 Å². The van der Waals surface area contributed by atoms with Gasteiger partial charge in [-0.3, -0.25) is 0 Å². The Morgan fingerprint density at radius 2 is 1.81 bits per heavy atom. The standard InChI is InChI=1S/C18H28FNO/c1-17(2)9-14(10-18(3,4)12-17)20-11-13-6-7-15(21-5)8-16(13)19/h6-8,14,20H,9-12H2,1-5H3. The van der Waals surface area contributed by atoms with Gasteiger partial charge in [-0.05, 0) is 36.2 Å². The van der Waals surface area contributed by atoms with Crippen molar-refractivity contribution in [2.24, 2.45) is 10.8 Å². The molecular formula is C18H28FNO. The number of halogens is 1. The lowest BCUT2D eigenvalue weighted by molar-refractivity contribution is 0.0844. The van der Waals surface area contributed by atoms with E-state index in [9.17, 15) is 4.39 Å². The molecule has 0 atom stereocenters. The zero-order valence-electron chi connectivity index (χ0n) is 13.9. The first-order valence-corrected chi connectivity index (χ1v) is 7.77. The molecule has 1 N–H and O–H groups in total. The van der Waals surface area contributed by atoms with E-state index in [1.165, 1.54) is 12.5 Å². The van der Waals surface area contributed by atoms with Crippen molar-refractivity contribution >= 4 is 0 Å². The third-order valence-electron chi connectivity index (χ3n) is 4.40. The van der Waals surface area contributed by atoms with Crippen molar-refractivity contribution in [2.75, 3.05) is 7.11 Å². The van der Waals surface area contributed by atoms with E-state index in [1.54, 1.807) is 13.2 Å². The Kier molecular flexibility index (Phi) is 4.62. The fraction of sp³-hybridized carbons (Fsp3) is 0.667. The summed E-state index contributed by atoms with van der Waals surface area (Å²) in [5, 5.41) is 3.55. The van der Waals surface area contributed by atoms with Crippen LogP contribution < -0.4 is 10.1 Å². The molecule has 1 aromatic rings. The molecule has 1 aliphatic rings. The second-order valence-corrected chi connectivity index (χ2v) is 7.95. The Bertz CT molecular complexity index is 480. The Labute approximate surface area is 128 Å². The minimum Gasteiger partial charge on any atom is -0.497 e. The van der Waals surface area contributed by atoms with Gasteiger partial charge in [-0.1, -0.05) is 33.8 Å². The van der Waals surface area contributed by atoms with Crippen molar-refractivity contribution in [3.05, 3.63) is 29.6 Å². The first-order valence-electron chi connectivity index (χ1n) is 7.77. The lowest BCUT2D eigenvalue weighted by Gasteiger charge is -2.45. The molecule has 1 aliphatic carbocycles. The van der Waals surface area contributed by atoms with Gasteiger partial charge in [0.15, 0.2) is 0 Å². The molecule has 0 bridgehead atoms. The van der Waals surface area contributed by atoms with Crippen molar-refractivity contribution in [1.29, 1.82) is 0 Å². The van der Waals surface area contributed by atoms with Crippen molar-refractivity contribution in [3.8, 4) is 5.75 Å². The van der Waals surface area contributed by atoms with E-state index < -0.39 is 0 Å². The second-order valence-electron chi connectivity index (χ2n) is 7.95. The smallest absolute Gasteiger partial charge is 0.131 e. The predicted octanol–water partition coefficient (Wildman–Crippen LogP) is 4.53. The van der Waals surface area contributed by atoms with Gasteiger partial charge in [-0.2, -0.15) is 0 Å². The number of methoxy groups -OCH3 is 1. The Hall–Kier alpha value is -1.09. The molecule has 2 rings (SSSR count). The van der Waals surface area contributed by atoms with Gasteiger partial charge in [-0.25, -0.2) is 4.39 Å². The highest BCUT2D eigenvalue weighted by Gasteiger charge is 2.38. The molecule has 0 amide bonds. The summed E-state index contributed by atoms with van der Waals surface area (Å²) >= 11 is 0. The number of ether oxygens (including phenoxy) is 1. The van der Waals surface area contributed by atoms with Gasteiger partial charge in [0.2, 0.25) is 0 Å². The number of benzene rings is 1. The van der Waals surface area contributed by atoms with E-state index in [1.807, 2.05) is 6.07 Å². The van der Waals surface area contributed by atoms with Crippen LogP contribution in [0.25, 0.3) is 0 Å². The molecule has 0 aliphatic heterocycles. The molecule has 2 nitrogen and oxygen atoms in total. The molecule has 0 radical (unpaired) electrons. The average Bonchev–Trinajstić information content (AvgIpc) is 2.33. The molecule has 0 aromatic heterocycles. The van der Waals surface area contributed by atoms with Crippen molar-refractivity contribution < 1.29 is 9.13 Å². The summed E-state index contributed by atoms with van der Waals surface area (Å²) in [6, 6.07) is 5.52. The van der Waals surface area contributed by atoms with E-state index in [2.05, 4.69) is 33.0 Å². The van der Waals surface area contributed by atoms with E-state index in [0.717, 1.165) is 12.8 Å².